The van der Waals surface area contributed by atoms with Crippen molar-refractivity contribution >= 4 is 33.5 Å². The van der Waals surface area contributed by atoms with Crippen LogP contribution in [-0.2, 0) is 6.42 Å². The molecule has 2 heterocycles. The Kier molecular flexibility index (Phi) is 4.52. The minimum absolute atomic E-state index is 0.194. The van der Waals surface area contributed by atoms with E-state index in [2.05, 4.69) is 16.0 Å². The van der Waals surface area contributed by atoms with Crippen LogP contribution in [0.4, 0.5) is 4.39 Å². The average Bonchev–Trinajstić information content (AvgIpc) is 3.09. The molecule has 0 amide bonds. The quantitative estimate of drug-likeness (QED) is 0.436. The number of imidazole rings is 1. The molecule has 1 fully saturated rings. The highest BCUT2D eigenvalue weighted by molar-refractivity contribution is 6.31. The van der Waals surface area contributed by atoms with Crippen LogP contribution in [0, 0.1) is 11.7 Å². The molecule has 0 spiro atoms. The molecule has 0 saturated heterocycles. The lowest BCUT2D eigenvalue weighted by Crippen LogP contribution is -2.16. The van der Waals surface area contributed by atoms with Crippen molar-refractivity contribution < 1.29 is 4.39 Å². The fourth-order valence-corrected chi connectivity index (χ4v) is 4.74. The van der Waals surface area contributed by atoms with E-state index in [1.807, 2.05) is 24.4 Å². The number of H-pyrrole nitrogens is 1. The molecule has 1 aliphatic carbocycles. The van der Waals surface area contributed by atoms with Crippen molar-refractivity contribution in [1.82, 2.24) is 15.0 Å². The SMILES string of the molecule is Fc1ccc2nccc([C@H]3CC[C@H](Cc4nc5cc(Cl)ccc5[nH]4)CC3)c2c1. The Hall–Kier alpha value is -2.46. The Morgan fingerprint density at radius 1 is 1.00 bits per heavy atom. The monoisotopic (exact) mass is 393 g/mol. The van der Waals surface area contributed by atoms with E-state index >= 15 is 0 Å². The number of aromatic amines is 1. The van der Waals surface area contributed by atoms with Crippen molar-refractivity contribution in [2.24, 2.45) is 5.92 Å². The summed E-state index contributed by atoms with van der Waals surface area (Å²) in [6, 6.07) is 12.7. The second kappa shape index (κ2) is 7.17. The molecule has 0 unspecified atom stereocenters. The molecule has 28 heavy (non-hydrogen) atoms. The molecule has 1 aliphatic rings. The lowest BCUT2D eigenvalue weighted by atomic mass is 9.77. The van der Waals surface area contributed by atoms with Crippen LogP contribution in [0.3, 0.4) is 0 Å². The van der Waals surface area contributed by atoms with E-state index in [4.69, 9.17) is 16.6 Å². The number of hydrogen-bond donors (Lipinski definition) is 1. The Morgan fingerprint density at radius 3 is 2.71 bits per heavy atom. The zero-order valence-corrected chi connectivity index (χ0v) is 16.2. The lowest BCUT2D eigenvalue weighted by molar-refractivity contribution is 0.322. The van der Waals surface area contributed by atoms with Crippen LogP contribution in [-0.4, -0.2) is 15.0 Å². The van der Waals surface area contributed by atoms with E-state index in [1.165, 1.54) is 11.6 Å². The first-order valence-corrected chi connectivity index (χ1v) is 10.2. The molecule has 5 rings (SSSR count). The Bertz CT molecular complexity index is 1150. The number of rotatable bonds is 3. The Labute approximate surface area is 168 Å². The van der Waals surface area contributed by atoms with Gasteiger partial charge < -0.3 is 4.98 Å². The molecule has 0 radical (unpaired) electrons. The molecule has 0 aliphatic heterocycles. The van der Waals surface area contributed by atoms with Gasteiger partial charge in [-0.1, -0.05) is 11.6 Å². The number of aromatic nitrogens is 3. The van der Waals surface area contributed by atoms with E-state index in [-0.39, 0.29) is 5.82 Å². The Morgan fingerprint density at radius 2 is 1.86 bits per heavy atom. The Balaban J connectivity index is 1.30. The molecule has 2 aromatic carbocycles. The van der Waals surface area contributed by atoms with Crippen LogP contribution in [0.1, 0.15) is 43.0 Å². The predicted octanol–water partition coefficient (Wildman–Crippen LogP) is 6.42. The van der Waals surface area contributed by atoms with Gasteiger partial charge in [0, 0.05) is 23.0 Å². The summed E-state index contributed by atoms with van der Waals surface area (Å²) in [5, 5.41) is 1.67. The highest BCUT2D eigenvalue weighted by Gasteiger charge is 2.24. The molecular formula is C23H21ClFN3. The third-order valence-corrected chi connectivity index (χ3v) is 6.24. The molecule has 4 aromatic rings. The van der Waals surface area contributed by atoms with Gasteiger partial charge in [0.2, 0.25) is 0 Å². The third-order valence-electron chi connectivity index (χ3n) is 6.00. The summed E-state index contributed by atoms with van der Waals surface area (Å²) in [5.41, 5.74) is 4.09. The standard InChI is InChI=1S/C23H21ClFN3/c24-16-5-7-21-22(12-16)28-23(27-21)11-14-1-3-15(4-2-14)18-9-10-26-20-8-6-17(25)13-19(18)20/h5-10,12-15H,1-4,11H2,(H,27,28)/t14-,15-. The van der Waals surface area contributed by atoms with Crippen molar-refractivity contribution in [3.05, 3.63) is 70.9 Å². The molecule has 3 nitrogen and oxygen atoms in total. The molecular weight excluding hydrogens is 373 g/mol. The molecule has 0 bridgehead atoms. The number of hydrogen-bond acceptors (Lipinski definition) is 2. The third kappa shape index (κ3) is 3.37. The molecule has 2 aromatic heterocycles. The number of fused-ring (bicyclic) bond motifs is 2. The van der Waals surface area contributed by atoms with Gasteiger partial charge in [-0.25, -0.2) is 9.37 Å². The fraction of sp³-hybridized carbons (Fsp3) is 0.304. The minimum atomic E-state index is -0.194. The average molecular weight is 394 g/mol. The lowest BCUT2D eigenvalue weighted by Gasteiger charge is -2.29. The van der Waals surface area contributed by atoms with E-state index in [9.17, 15) is 4.39 Å². The van der Waals surface area contributed by atoms with Gasteiger partial charge in [0.1, 0.15) is 11.6 Å². The van der Waals surface area contributed by atoms with Crippen LogP contribution >= 0.6 is 11.6 Å². The summed E-state index contributed by atoms with van der Waals surface area (Å²) < 4.78 is 13.8. The van der Waals surface area contributed by atoms with Gasteiger partial charge in [0.05, 0.1) is 16.6 Å². The first-order valence-electron chi connectivity index (χ1n) is 9.84. The molecule has 142 valence electrons. The number of halogens is 2. The van der Waals surface area contributed by atoms with Crippen molar-refractivity contribution in [1.29, 1.82) is 0 Å². The minimum Gasteiger partial charge on any atom is -0.342 e. The van der Waals surface area contributed by atoms with Crippen LogP contribution in [0.25, 0.3) is 21.9 Å². The second-order valence-corrected chi connectivity index (χ2v) is 8.26. The van der Waals surface area contributed by atoms with Gasteiger partial charge in [-0.05, 0) is 85.5 Å². The zero-order valence-electron chi connectivity index (χ0n) is 15.5. The summed E-state index contributed by atoms with van der Waals surface area (Å²) >= 11 is 6.06. The molecule has 0 atom stereocenters. The molecule has 5 heteroatoms. The summed E-state index contributed by atoms with van der Waals surface area (Å²) in [6.07, 6.45) is 7.35. The highest BCUT2D eigenvalue weighted by atomic mass is 35.5. The van der Waals surface area contributed by atoms with Crippen LogP contribution in [0.2, 0.25) is 5.02 Å². The van der Waals surface area contributed by atoms with Crippen LogP contribution < -0.4 is 0 Å². The first kappa shape index (κ1) is 17.6. The van der Waals surface area contributed by atoms with Gasteiger partial charge in [-0.2, -0.15) is 0 Å². The van der Waals surface area contributed by atoms with Crippen molar-refractivity contribution in [2.45, 2.75) is 38.0 Å². The molecule has 1 N–H and O–H groups in total. The maximum Gasteiger partial charge on any atom is 0.123 e. The van der Waals surface area contributed by atoms with Gasteiger partial charge in [0.25, 0.3) is 0 Å². The normalized spacial score (nSPS) is 20.1. The second-order valence-electron chi connectivity index (χ2n) is 7.83. The summed E-state index contributed by atoms with van der Waals surface area (Å²) in [5.74, 6) is 1.94. The number of pyridine rings is 1. The maximum atomic E-state index is 13.8. The largest absolute Gasteiger partial charge is 0.342 e. The zero-order chi connectivity index (χ0) is 19.1. The van der Waals surface area contributed by atoms with E-state index < -0.39 is 0 Å². The van der Waals surface area contributed by atoms with Crippen molar-refractivity contribution in [3.63, 3.8) is 0 Å². The highest BCUT2D eigenvalue weighted by Crippen LogP contribution is 2.39. The summed E-state index contributed by atoms with van der Waals surface area (Å²) in [4.78, 5) is 12.5. The topological polar surface area (TPSA) is 41.6 Å². The smallest absolute Gasteiger partial charge is 0.123 e. The fourth-order valence-electron chi connectivity index (χ4n) is 4.58. The van der Waals surface area contributed by atoms with Gasteiger partial charge in [-0.3, -0.25) is 4.98 Å². The van der Waals surface area contributed by atoms with Crippen molar-refractivity contribution in [3.8, 4) is 0 Å². The number of benzene rings is 2. The van der Waals surface area contributed by atoms with Gasteiger partial charge >= 0.3 is 0 Å². The summed E-state index contributed by atoms with van der Waals surface area (Å²) in [6.45, 7) is 0. The van der Waals surface area contributed by atoms with E-state index in [1.54, 1.807) is 12.1 Å². The van der Waals surface area contributed by atoms with Crippen molar-refractivity contribution in [2.75, 3.05) is 0 Å². The number of nitrogens with one attached hydrogen (secondary N) is 1. The van der Waals surface area contributed by atoms with Gasteiger partial charge in [-0.15, -0.1) is 0 Å². The van der Waals surface area contributed by atoms with Gasteiger partial charge in [0.15, 0.2) is 0 Å². The van der Waals surface area contributed by atoms with Crippen LogP contribution in [0.5, 0.6) is 0 Å². The molecule has 1 saturated carbocycles. The summed E-state index contributed by atoms with van der Waals surface area (Å²) in [7, 11) is 0. The predicted molar refractivity (Wildman–Crippen MR) is 111 cm³/mol. The number of nitrogens with zero attached hydrogens (tertiary/aromatic N) is 2. The maximum absolute atomic E-state index is 13.8. The van der Waals surface area contributed by atoms with E-state index in [0.717, 1.165) is 59.9 Å². The first-order chi connectivity index (χ1) is 13.7. The van der Waals surface area contributed by atoms with E-state index in [0.29, 0.717) is 16.9 Å². The van der Waals surface area contributed by atoms with Crippen LogP contribution in [0.15, 0.2) is 48.7 Å².